The molecule has 0 saturated carbocycles. The van der Waals surface area contributed by atoms with E-state index in [9.17, 15) is 0 Å². The van der Waals surface area contributed by atoms with Gasteiger partial charge in [0.1, 0.15) is 5.82 Å². The first-order chi connectivity index (χ1) is 5.07. The maximum atomic E-state index is 9.06. The lowest BCUT2D eigenvalue weighted by molar-refractivity contribution is 0.263. The van der Waals surface area contributed by atoms with Crippen LogP contribution in [0.25, 0.3) is 0 Å². The molecule has 0 fully saturated rings. The number of hydrogen-bond donors (Lipinski definition) is 3. The highest BCUT2D eigenvalue weighted by molar-refractivity contribution is 5.98. The number of aliphatic imine (C=N–C) groups is 1. The zero-order valence-electron chi connectivity index (χ0n) is 6.49. The average Bonchev–Trinajstić information content (AvgIpc) is 1.86. The molecule has 0 aromatic heterocycles. The van der Waals surface area contributed by atoms with Crippen molar-refractivity contribution in [3.05, 3.63) is 24.7 Å². The zero-order valence-corrected chi connectivity index (χ0v) is 6.49. The summed E-state index contributed by atoms with van der Waals surface area (Å²) in [4.78, 5) is 3.75. The summed E-state index contributed by atoms with van der Waals surface area (Å²) >= 11 is 0. The molecule has 5 N–H and O–H groups in total. The summed E-state index contributed by atoms with van der Waals surface area (Å²) in [6.45, 7) is 4.94. The van der Waals surface area contributed by atoms with Crippen LogP contribution in [0.2, 0.25) is 0 Å². The monoisotopic (exact) mass is 155 g/mol. The van der Waals surface area contributed by atoms with Crippen molar-refractivity contribution in [2.75, 3.05) is 0 Å². The lowest BCUT2D eigenvalue weighted by Gasteiger charge is -2.02. The highest BCUT2D eigenvalue weighted by atomic mass is 16.3. The van der Waals surface area contributed by atoms with Gasteiger partial charge in [-0.3, -0.25) is 0 Å². The topological polar surface area (TPSA) is 84.6 Å². The predicted octanol–water partition coefficient (Wildman–Crippen LogP) is -0.289. The third-order valence-electron chi connectivity index (χ3n) is 0.968. The molecule has 0 bridgehead atoms. The first-order valence-corrected chi connectivity index (χ1v) is 3.17. The molecule has 1 unspecified atom stereocenters. The van der Waals surface area contributed by atoms with E-state index in [2.05, 4.69) is 11.6 Å². The zero-order chi connectivity index (χ0) is 8.85. The van der Waals surface area contributed by atoms with Gasteiger partial charge in [-0.05, 0) is 19.2 Å². The molecule has 0 amide bonds. The van der Waals surface area contributed by atoms with Gasteiger partial charge in [-0.1, -0.05) is 6.58 Å². The third kappa shape index (κ3) is 4.16. The first-order valence-electron chi connectivity index (χ1n) is 3.17. The van der Waals surface area contributed by atoms with Crippen LogP contribution < -0.4 is 11.5 Å². The summed E-state index contributed by atoms with van der Waals surface area (Å²) in [5, 5.41) is 9.06. The molecule has 0 aliphatic heterocycles. The van der Waals surface area contributed by atoms with E-state index in [-0.39, 0.29) is 5.82 Å². The van der Waals surface area contributed by atoms with Crippen molar-refractivity contribution in [2.24, 2.45) is 16.5 Å². The Morgan fingerprint density at radius 1 is 1.73 bits per heavy atom. The number of rotatable bonds is 3. The van der Waals surface area contributed by atoms with Crippen LogP contribution in [0.5, 0.6) is 0 Å². The fourth-order valence-electron chi connectivity index (χ4n) is 0.534. The van der Waals surface area contributed by atoms with Crippen molar-refractivity contribution in [3.8, 4) is 0 Å². The van der Waals surface area contributed by atoms with Crippen LogP contribution in [0.15, 0.2) is 29.7 Å². The second kappa shape index (κ2) is 4.51. The maximum Gasteiger partial charge on any atom is 0.116 e. The minimum absolute atomic E-state index is 0.152. The number of aliphatic hydroxyl groups is 1. The summed E-state index contributed by atoms with van der Waals surface area (Å²) in [6, 6.07) is 0. The standard InChI is InChI=1S/C7H13N3O/c1-5(11)7(3-4-8)10-6(2)9/h3-5,11H,2,8-9H2,1H3/b4-3-,10-7+. The molecule has 4 nitrogen and oxygen atoms in total. The molecule has 0 rings (SSSR count). The number of hydrogen-bond acceptors (Lipinski definition) is 4. The Hall–Kier alpha value is -1.29. The van der Waals surface area contributed by atoms with Crippen LogP contribution >= 0.6 is 0 Å². The molecular formula is C7H13N3O. The largest absolute Gasteiger partial charge is 0.405 e. The Morgan fingerprint density at radius 3 is 2.55 bits per heavy atom. The molecule has 0 heterocycles. The number of nitrogens with two attached hydrogens (primary N) is 2. The van der Waals surface area contributed by atoms with Crippen LogP contribution in [-0.4, -0.2) is 16.9 Å². The second-order valence-electron chi connectivity index (χ2n) is 2.06. The molecule has 0 aromatic carbocycles. The summed E-state index contributed by atoms with van der Waals surface area (Å²) in [6.07, 6.45) is 2.08. The highest BCUT2D eigenvalue weighted by Gasteiger charge is 2.01. The van der Waals surface area contributed by atoms with Crippen molar-refractivity contribution in [3.63, 3.8) is 0 Å². The van der Waals surface area contributed by atoms with E-state index in [1.54, 1.807) is 6.92 Å². The van der Waals surface area contributed by atoms with E-state index in [0.717, 1.165) is 0 Å². The van der Waals surface area contributed by atoms with Gasteiger partial charge in [-0.25, -0.2) is 4.99 Å². The van der Waals surface area contributed by atoms with Crippen LogP contribution in [0.1, 0.15) is 6.92 Å². The van der Waals surface area contributed by atoms with E-state index < -0.39 is 6.10 Å². The Balaban J connectivity index is 4.46. The van der Waals surface area contributed by atoms with Crippen molar-refractivity contribution >= 4 is 5.71 Å². The van der Waals surface area contributed by atoms with E-state index in [1.807, 2.05) is 0 Å². The summed E-state index contributed by atoms with van der Waals surface area (Å²) in [5.41, 5.74) is 10.7. The van der Waals surface area contributed by atoms with Crippen molar-refractivity contribution in [2.45, 2.75) is 13.0 Å². The van der Waals surface area contributed by atoms with Crippen molar-refractivity contribution in [1.82, 2.24) is 0 Å². The van der Waals surface area contributed by atoms with E-state index in [4.69, 9.17) is 16.6 Å². The molecule has 11 heavy (non-hydrogen) atoms. The molecule has 4 heteroatoms. The van der Waals surface area contributed by atoms with Crippen molar-refractivity contribution < 1.29 is 5.11 Å². The first kappa shape index (κ1) is 9.71. The van der Waals surface area contributed by atoms with Crippen LogP contribution in [0.3, 0.4) is 0 Å². The van der Waals surface area contributed by atoms with Gasteiger partial charge in [0.15, 0.2) is 0 Å². The molecule has 0 aliphatic rings. The summed E-state index contributed by atoms with van der Waals surface area (Å²) in [5.74, 6) is 0.152. The Kier molecular flexibility index (Phi) is 3.98. The highest BCUT2D eigenvalue weighted by Crippen LogP contribution is 1.92. The van der Waals surface area contributed by atoms with Gasteiger partial charge >= 0.3 is 0 Å². The number of nitrogens with zero attached hydrogens (tertiary/aromatic N) is 1. The van der Waals surface area contributed by atoms with Gasteiger partial charge < -0.3 is 16.6 Å². The minimum Gasteiger partial charge on any atom is -0.405 e. The molecule has 0 saturated heterocycles. The van der Waals surface area contributed by atoms with E-state index in [0.29, 0.717) is 5.71 Å². The molecule has 0 radical (unpaired) electrons. The van der Waals surface area contributed by atoms with Gasteiger partial charge in [0, 0.05) is 0 Å². The SMILES string of the molecule is C=C(N)/N=C(\C=C/N)C(C)O. The molecule has 0 spiro atoms. The average molecular weight is 155 g/mol. The van der Waals surface area contributed by atoms with Crippen LogP contribution in [-0.2, 0) is 0 Å². The van der Waals surface area contributed by atoms with Gasteiger partial charge in [-0.15, -0.1) is 0 Å². The maximum absolute atomic E-state index is 9.06. The Labute approximate surface area is 65.9 Å². The molecule has 0 aliphatic carbocycles. The normalized spacial score (nSPS) is 15.3. The Morgan fingerprint density at radius 2 is 2.27 bits per heavy atom. The third-order valence-corrected chi connectivity index (χ3v) is 0.968. The van der Waals surface area contributed by atoms with Crippen molar-refractivity contribution in [1.29, 1.82) is 0 Å². The fraction of sp³-hybridized carbons (Fsp3) is 0.286. The van der Waals surface area contributed by atoms with E-state index >= 15 is 0 Å². The van der Waals surface area contributed by atoms with Crippen LogP contribution in [0.4, 0.5) is 0 Å². The van der Waals surface area contributed by atoms with E-state index in [1.165, 1.54) is 12.3 Å². The van der Waals surface area contributed by atoms with Gasteiger partial charge in [-0.2, -0.15) is 0 Å². The van der Waals surface area contributed by atoms with Crippen LogP contribution in [0, 0.1) is 0 Å². The molecule has 0 aromatic rings. The van der Waals surface area contributed by atoms with Gasteiger partial charge in [0.2, 0.25) is 0 Å². The predicted molar refractivity (Wildman–Crippen MR) is 45.8 cm³/mol. The fourth-order valence-corrected chi connectivity index (χ4v) is 0.534. The minimum atomic E-state index is -0.685. The quantitative estimate of drug-likeness (QED) is 0.489. The molecule has 62 valence electrons. The lowest BCUT2D eigenvalue weighted by Crippen LogP contribution is -2.15. The Bertz CT molecular complexity index is 194. The lowest BCUT2D eigenvalue weighted by atomic mass is 10.2. The van der Waals surface area contributed by atoms with Gasteiger partial charge in [0.05, 0.1) is 11.8 Å². The summed E-state index contributed by atoms with van der Waals surface area (Å²) in [7, 11) is 0. The van der Waals surface area contributed by atoms with Gasteiger partial charge in [0.25, 0.3) is 0 Å². The molecule has 1 atom stereocenters. The smallest absolute Gasteiger partial charge is 0.116 e. The summed E-state index contributed by atoms with van der Waals surface area (Å²) < 4.78 is 0. The molecular weight excluding hydrogens is 142 g/mol. The second-order valence-corrected chi connectivity index (χ2v) is 2.06. The number of aliphatic hydroxyl groups excluding tert-OH is 1.